The summed E-state index contributed by atoms with van der Waals surface area (Å²) in [5.74, 6) is 5.86. The van der Waals surface area contributed by atoms with Crippen LogP contribution in [0.4, 0.5) is 4.79 Å². The summed E-state index contributed by atoms with van der Waals surface area (Å²) in [6.45, 7) is 5.50. The molecule has 1 saturated carbocycles. The summed E-state index contributed by atoms with van der Waals surface area (Å²) in [5, 5.41) is 4.35. The van der Waals surface area contributed by atoms with E-state index in [1.54, 1.807) is 0 Å². The van der Waals surface area contributed by atoms with Crippen molar-refractivity contribution in [2.24, 2.45) is 11.6 Å². The first-order chi connectivity index (χ1) is 9.71. The van der Waals surface area contributed by atoms with Crippen molar-refractivity contribution in [1.29, 1.82) is 0 Å². The van der Waals surface area contributed by atoms with E-state index in [0.29, 0.717) is 6.29 Å². The van der Waals surface area contributed by atoms with Crippen LogP contribution in [0.2, 0.25) is 0 Å². The number of hydrogen-bond donors (Lipinski definition) is 3. The Morgan fingerprint density at radius 2 is 1.86 bits per heavy atom. The van der Waals surface area contributed by atoms with E-state index in [0.717, 1.165) is 25.7 Å². The molecule has 0 aromatic heterocycles. The summed E-state index contributed by atoms with van der Waals surface area (Å²) in [6.07, 6.45) is 4.88. The SMILES string of the molecule is CC(C)(C)OC(=O)NC1CCC(N(N)/C=C(\N)C=O)CC1. The van der Waals surface area contributed by atoms with Gasteiger partial charge in [-0.3, -0.25) is 4.79 Å². The molecule has 0 unspecified atom stereocenters. The van der Waals surface area contributed by atoms with Crippen molar-refractivity contribution in [2.75, 3.05) is 0 Å². The largest absolute Gasteiger partial charge is 0.444 e. The van der Waals surface area contributed by atoms with Crippen LogP contribution in [0.15, 0.2) is 11.9 Å². The molecule has 0 radical (unpaired) electrons. The lowest BCUT2D eigenvalue weighted by Gasteiger charge is -2.34. The van der Waals surface area contributed by atoms with Crippen LogP contribution in [0.5, 0.6) is 0 Å². The van der Waals surface area contributed by atoms with E-state index < -0.39 is 5.60 Å². The van der Waals surface area contributed by atoms with Crippen molar-refractivity contribution in [3.8, 4) is 0 Å². The zero-order chi connectivity index (χ0) is 16.0. The number of nitrogens with one attached hydrogen (secondary N) is 1. The molecule has 1 aliphatic carbocycles. The Labute approximate surface area is 125 Å². The minimum atomic E-state index is -0.494. The van der Waals surface area contributed by atoms with E-state index in [9.17, 15) is 9.59 Å². The van der Waals surface area contributed by atoms with Crippen molar-refractivity contribution >= 4 is 12.4 Å². The van der Waals surface area contributed by atoms with Gasteiger partial charge in [0.05, 0.1) is 5.70 Å². The maximum atomic E-state index is 11.7. The molecule has 0 bridgehead atoms. The minimum Gasteiger partial charge on any atom is -0.444 e. The van der Waals surface area contributed by atoms with Gasteiger partial charge in [0.15, 0.2) is 6.29 Å². The van der Waals surface area contributed by atoms with E-state index in [1.807, 2.05) is 20.8 Å². The van der Waals surface area contributed by atoms with E-state index in [-0.39, 0.29) is 23.9 Å². The molecule has 120 valence electrons. The molecule has 7 heteroatoms. The predicted octanol–water partition coefficient (Wildman–Crippen LogP) is 0.997. The number of aldehydes is 1. The number of carbonyl (C=O) groups excluding carboxylic acids is 2. The first-order valence-electron chi connectivity index (χ1n) is 7.16. The van der Waals surface area contributed by atoms with Crippen LogP contribution in [0.3, 0.4) is 0 Å². The summed E-state index contributed by atoms with van der Waals surface area (Å²) in [4.78, 5) is 22.2. The van der Waals surface area contributed by atoms with Crippen LogP contribution < -0.4 is 16.9 Å². The molecule has 0 atom stereocenters. The van der Waals surface area contributed by atoms with Gasteiger partial charge in [0, 0.05) is 18.3 Å². The van der Waals surface area contributed by atoms with Gasteiger partial charge < -0.3 is 20.8 Å². The number of nitrogens with zero attached hydrogens (tertiary/aromatic N) is 1. The van der Waals surface area contributed by atoms with Crippen LogP contribution >= 0.6 is 0 Å². The molecule has 21 heavy (non-hydrogen) atoms. The van der Waals surface area contributed by atoms with Gasteiger partial charge in [0.2, 0.25) is 0 Å². The third-order valence-corrected chi connectivity index (χ3v) is 3.27. The summed E-state index contributed by atoms with van der Waals surface area (Å²) in [5.41, 5.74) is 5.04. The topological polar surface area (TPSA) is 111 Å². The molecule has 0 heterocycles. The lowest BCUT2D eigenvalue weighted by Crippen LogP contribution is -2.46. The fourth-order valence-electron chi connectivity index (χ4n) is 2.30. The van der Waals surface area contributed by atoms with Gasteiger partial charge in [-0.1, -0.05) is 0 Å². The van der Waals surface area contributed by atoms with Crippen LogP contribution in [-0.2, 0) is 9.53 Å². The van der Waals surface area contributed by atoms with E-state index >= 15 is 0 Å². The number of amides is 1. The second kappa shape index (κ2) is 7.31. The molecule has 0 spiro atoms. The molecule has 1 amide bonds. The standard InChI is InChI=1S/C14H26N4O3/c1-14(2,3)21-13(20)17-11-4-6-12(7-5-11)18(16)8-10(15)9-19/h8-9,11-12H,4-7,15-16H2,1-3H3,(H,17,20)/b10-8-. The molecule has 1 fully saturated rings. The molecule has 7 nitrogen and oxygen atoms in total. The van der Waals surface area contributed by atoms with Gasteiger partial charge in [0.25, 0.3) is 0 Å². The highest BCUT2D eigenvalue weighted by atomic mass is 16.6. The number of hydrazine groups is 1. The molecule has 0 aromatic carbocycles. The minimum absolute atomic E-state index is 0.0943. The van der Waals surface area contributed by atoms with Crippen molar-refractivity contribution in [2.45, 2.75) is 64.1 Å². The number of ether oxygens (including phenoxy) is 1. The highest BCUT2D eigenvalue weighted by Gasteiger charge is 2.26. The van der Waals surface area contributed by atoms with Crippen LogP contribution in [-0.4, -0.2) is 35.1 Å². The third kappa shape index (κ3) is 6.48. The molecule has 1 rings (SSSR count). The Morgan fingerprint density at radius 3 is 2.33 bits per heavy atom. The van der Waals surface area contributed by atoms with Crippen LogP contribution in [0, 0.1) is 0 Å². The van der Waals surface area contributed by atoms with Gasteiger partial charge in [-0.25, -0.2) is 10.6 Å². The smallest absolute Gasteiger partial charge is 0.407 e. The van der Waals surface area contributed by atoms with E-state index in [2.05, 4.69) is 5.32 Å². The Morgan fingerprint density at radius 1 is 1.29 bits per heavy atom. The molecule has 1 aliphatic rings. The van der Waals surface area contributed by atoms with Crippen molar-refractivity contribution < 1.29 is 14.3 Å². The van der Waals surface area contributed by atoms with Gasteiger partial charge in [-0.05, 0) is 46.5 Å². The van der Waals surface area contributed by atoms with E-state index in [4.69, 9.17) is 16.3 Å². The van der Waals surface area contributed by atoms with Gasteiger partial charge >= 0.3 is 6.09 Å². The second-order valence-electron chi connectivity index (χ2n) is 6.35. The highest BCUT2D eigenvalue weighted by Crippen LogP contribution is 2.22. The first kappa shape index (κ1) is 17.3. The molecular weight excluding hydrogens is 272 g/mol. The first-order valence-corrected chi connectivity index (χ1v) is 7.16. The zero-order valence-electron chi connectivity index (χ0n) is 13.0. The zero-order valence-corrected chi connectivity index (χ0v) is 13.0. The Bertz CT molecular complexity index is 396. The van der Waals surface area contributed by atoms with Crippen molar-refractivity contribution in [3.05, 3.63) is 11.9 Å². The third-order valence-electron chi connectivity index (χ3n) is 3.27. The number of nitrogens with two attached hydrogens (primary N) is 2. The fraction of sp³-hybridized carbons (Fsp3) is 0.714. The molecular formula is C14H26N4O3. The van der Waals surface area contributed by atoms with Gasteiger partial charge in [-0.2, -0.15) is 0 Å². The Hall–Kier alpha value is -1.76. The molecule has 0 aliphatic heterocycles. The maximum Gasteiger partial charge on any atom is 0.407 e. The van der Waals surface area contributed by atoms with Crippen LogP contribution in [0.1, 0.15) is 46.5 Å². The Balaban J connectivity index is 2.39. The van der Waals surface area contributed by atoms with Crippen molar-refractivity contribution in [1.82, 2.24) is 10.3 Å². The predicted molar refractivity (Wildman–Crippen MR) is 79.8 cm³/mol. The average molecular weight is 298 g/mol. The number of carbonyl (C=O) groups is 2. The number of allylic oxidation sites excluding steroid dienone is 1. The second-order valence-corrected chi connectivity index (χ2v) is 6.35. The molecule has 5 N–H and O–H groups in total. The lowest BCUT2D eigenvalue weighted by atomic mass is 9.91. The molecule has 0 aromatic rings. The van der Waals surface area contributed by atoms with Crippen LogP contribution in [0.25, 0.3) is 0 Å². The molecule has 0 saturated heterocycles. The maximum absolute atomic E-state index is 11.7. The lowest BCUT2D eigenvalue weighted by molar-refractivity contribution is -0.105. The van der Waals surface area contributed by atoms with Gasteiger partial charge in [-0.15, -0.1) is 0 Å². The Kier molecular flexibility index (Phi) is 6.02. The summed E-state index contributed by atoms with van der Waals surface area (Å²) in [7, 11) is 0. The number of alkyl carbamates (subject to hydrolysis) is 1. The van der Waals surface area contributed by atoms with E-state index in [1.165, 1.54) is 11.2 Å². The van der Waals surface area contributed by atoms with Crippen molar-refractivity contribution in [3.63, 3.8) is 0 Å². The number of rotatable bonds is 4. The summed E-state index contributed by atoms with van der Waals surface area (Å²) >= 11 is 0. The normalized spacial score (nSPS) is 23.3. The highest BCUT2D eigenvalue weighted by molar-refractivity contribution is 5.71. The van der Waals surface area contributed by atoms with Gasteiger partial charge in [0.1, 0.15) is 5.60 Å². The number of hydrogen-bond acceptors (Lipinski definition) is 6. The fourth-order valence-corrected chi connectivity index (χ4v) is 2.30. The summed E-state index contributed by atoms with van der Waals surface area (Å²) in [6, 6.07) is 0.220. The summed E-state index contributed by atoms with van der Waals surface area (Å²) < 4.78 is 5.23. The quantitative estimate of drug-likeness (QED) is 0.309. The average Bonchev–Trinajstić information content (AvgIpc) is 2.36. The monoisotopic (exact) mass is 298 g/mol.